The monoisotopic (exact) mass is 658 g/mol. The molecule has 0 spiro atoms. The molecule has 1 aliphatic carbocycles. The number of anilines is 6. The third-order valence-corrected chi connectivity index (χ3v) is 11.4. The molecular formula is C48H38N2O. The summed E-state index contributed by atoms with van der Waals surface area (Å²) in [5.74, 6) is 1.74. The van der Waals surface area contributed by atoms with Crippen LogP contribution in [0.25, 0.3) is 22.3 Å². The van der Waals surface area contributed by atoms with Crippen LogP contribution >= 0.6 is 0 Å². The lowest BCUT2D eigenvalue weighted by Gasteiger charge is -2.46. The zero-order valence-corrected chi connectivity index (χ0v) is 29.3. The lowest BCUT2D eigenvalue weighted by Crippen LogP contribution is -2.34. The van der Waals surface area contributed by atoms with Crippen molar-refractivity contribution in [3.63, 3.8) is 0 Å². The van der Waals surface area contributed by atoms with Crippen molar-refractivity contribution in [2.24, 2.45) is 0 Å². The summed E-state index contributed by atoms with van der Waals surface area (Å²) >= 11 is 0. The van der Waals surface area contributed by atoms with Gasteiger partial charge in [-0.15, -0.1) is 0 Å². The summed E-state index contributed by atoms with van der Waals surface area (Å²) in [6.07, 6.45) is 0. The van der Waals surface area contributed by atoms with E-state index in [9.17, 15) is 0 Å². The molecular weight excluding hydrogens is 621 g/mol. The highest BCUT2D eigenvalue weighted by atomic mass is 16.5. The van der Waals surface area contributed by atoms with Crippen LogP contribution in [0.4, 0.5) is 34.1 Å². The van der Waals surface area contributed by atoms with E-state index in [0.29, 0.717) is 0 Å². The van der Waals surface area contributed by atoms with Crippen molar-refractivity contribution in [1.82, 2.24) is 0 Å². The number of para-hydroxylation sites is 2. The van der Waals surface area contributed by atoms with E-state index in [1.807, 2.05) is 0 Å². The fourth-order valence-electron chi connectivity index (χ4n) is 8.93. The molecule has 3 aliphatic rings. The Morgan fingerprint density at radius 2 is 1.18 bits per heavy atom. The molecule has 0 atom stereocenters. The van der Waals surface area contributed by atoms with Gasteiger partial charge in [0.25, 0.3) is 0 Å². The molecule has 0 saturated heterocycles. The van der Waals surface area contributed by atoms with Crippen LogP contribution in [0.5, 0.6) is 11.5 Å². The molecule has 2 aliphatic heterocycles. The number of rotatable bonds is 4. The van der Waals surface area contributed by atoms with Crippen LogP contribution < -0.4 is 14.5 Å². The summed E-state index contributed by atoms with van der Waals surface area (Å²) < 4.78 is 6.75. The molecule has 0 fully saturated rings. The third-order valence-electron chi connectivity index (χ3n) is 11.4. The van der Waals surface area contributed by atoms with Crippen molar-refractivity contribution in [2.75, 3.05) is 9.80 Å². The van der Waals surface area contributed by atoms with E-state index >= 15 is 0 Å². The molecule has 7 aromatic rings. The highest BCUT2D eigenvalue weighted by Crippen LogP contribution is 2.62. The number of hydrogen-bond donors (Lipinski definition) is 0. The Morgan fingerprint density at radius 1 is 0.471 bits per heavy atom. The molecule has 246 valence electrons. The van der Waals surface area contributed by atoms with Gasteiger partial charge in [-0.25, -0.2) is 0 Å². The Labute approximate surface area is 300 Å². The Hall–Kier alpha value is -6.06. The van der Waals surface area contributed by atoms with E-state index in [-0.39, 0.29) is 10.8 Å². The van der Waals surface area contributed by atoms with Gasteiger partial charge in [0.05, 0.1) is 22.7 Å². The molecule has 51 heavy (non-hydrogen) atoms. The zero-order valence-electron chi connectivity index (χ0n) is 29.3. The topological polar surface area (TPSA) is 15.7 Å². The van der Waals surface area contributed by atoms with Crippen LogP contribution in [0.15, 0.2) is 158 Å². The Balaban J connectivity index is 1.20. The molecule has 10 rings (SSSR count). The van der Waals surface area contributed by atoms with E-state index in [1.165, 1.54) is 50.3 Å². The molecule has 0 unspecified atom stereocenters. The van der Waals surface area contributed by atoms with Crippen LogP contribution in [0.2, 0.25) is 0 Å². The minimum Gasteiger partial charge on any atom is -0.453 e. The van der Waals surface area contributed by atoms with Gasteiger partial charge in [0.15, 0.2) is 11.5 Å². The second-order valence-corrected chi connectivity index (χ2v) is 15.0. The number of nitrogens with zero attached hydrogens (tertiary/aromatic N) is 2. The number of benzene rings is 7. The Bertz CT molecular complexity index is 2510. The van der Waals surface area contributed by atoms with E-state index in [0.717, 1.165) is 39.8 Å². The summed E-state index contributed by atoms with van der Waals surface area (Å²) in [6.45, 7) is 9.44. The molecule has 0 bridgehead atoms. The average Bonchev–Trinajstić information content (AvgIpc) is 3.39. The van der Waals surface area contributed by atoms with Gasteiger partial charge in [0.2, 0.25) is 0 Å². The molecule has 3 nitrogen and oxygen atoms in total. The van der Waals surface area contributed by atoms with Crippen LogP contribution in [0, 0.1) is 0 Å². The minimum absolute atomic E-state index is 0.106. The lowest BCUT2D eigenvalue weighted by molar-refractivity contribution is 0.471. The van der Waals surface area contributed by atoms with Gasteiger partial charge in [-0.2, -0.15) is 0 Å². The highest BCUT2D eigenvalue weighted by molar-refractivity contribution is 5.97. The quantitative estimate of drug-likeness (QED) is 0.187. The lowest BCUT2D eigenvalue weighted by atomic mass is 9.72. The predicted octanol–water partition coefficient (Wildman–Crippen LogP) is 13.3. The van der Waals surface area contributed by atoms with Crippen LogP contribution in [-0.4, -0.2) is 0 Å². The maximum atomic E-state index is 6.75. The second kappa shape index (κ2) is 10.7. The summed E-state index contributed by atoms with van der Waals surface area (Å²) in [6, 6.07) is 57.2. The second-order valence-electron chi connectivity index (χ2n) is 15.0. The van der Waals surface area contributed by atoms with Gasteiger partial charge in [0.1, 0.15) is 0 Å². The summed E-state index contributed by atoms with van der Waals surface area (Å²) in [5.41, 5.74) is 16.6. The molecule has 0 aromatic heterocycles. The molecule has 7 aromatic carbocycles. The van der Waals surface area contributed by atoms with Crippen molar-refractivity contribution in [1.29, 1.82) is 0 Å². The SMILES string of the molecule is CC1(C)c2ccccc2-c2ccc(N(c3ccccc3)c3cccc4c3C(C)(C)c3cccc5c3N4c3ccc(-c4ccccc4)cc3O5)cc21. The van der Waals surface area contributed by atoms with Gasteiger partial charge < -0.3 is 14.5 Å². The third kappa shape index (κ3) is 4.24. The minimum atomic E-state index is -0.335. The van der Waals surface area contributed by atoms with Gasteiger partial charge in [-0.1, -0.05) is 131 Å². The molecule has 0 N–H and O–H groups in total. The molecule has 3 heteroatoms. The zero-order chi connectivity index (χ0) is 34.5. The first kappa shape index (κ1) is 29.8. The maximum absolute atomic E-state index is 6.75. The fourth-order valence-corrected chi connectivity index (χ4v) is 8.93. The van der Waals surface area contributed by atoms with Crippen LogP contribution in [-0.2, 0) is 10.8 Å². The summed E-state index contributed by atoms with van der Waals surface area (Å²) in [4.78, 5) is 4.91. The fraction of sp³-hybridized carbons (Fsp3) is 0.125. The Morgan fingerprint density at radius 3 is 2.00 bits per heavy atom. The van der Waals surface area contributed by atoms with Crippen molar-refractivity contribution < 1.29 is 4.74 Å². The van der Waals surface area contributed by atoms with E-state index in [4.69, 9.17) is 4.74 Å². The molecule has 0 saturated carbocycles. The number of fused-ring (bicyclic) bond motifs is 7. The van der Waals surface area contributed by atoms with Crippen molar-refractivity contribution in [3.05, 3.63) is 180 Å². The first-order valence-electron chi connectivity index (χ1n) is 17.9. The molecule has 2 heterocycles. The standard InChI is InChI=1S/C48H38N2O/c1-47(2)37-20-12-11-19-35(37)36-27-26-34(30-39(36)47)49(33-17-9-6-10-18-33)41-22-14-23-42-45(41)48(3,4)38-21-13-24-43-46(38)50(42)40-28-25-32(29-44(40)51-43)31-15-7-5-8-16-31/h5-30H,1-4H3. The Kier molecular flexibility index (Phi) is 6.27. The average molecular weight is 659 g/mol. The summed E-state index contributed by atoms with van der Waals surface area (Å²) in [7, 11) is 0. The van der Waals surface area contributed by atoms with Crippen LogP contribution in [0.3, 0.4) is 0 Å². The number of hydrogen-bond acceptors (Lipinski definition) is 3. The molecule has 0 radical (unpaired) electrons. The van der Waals surface area contributed by atoms with Crippen molar-refractivity contribution >= 4 is 34.1 Å². The highest BCUT2D eigenvalue weighted by Gasteiger charge is 2.44. The number of ether oxygens (including phenoxy) is 1. The van der Waals surface area contributed by atoms with Crippen molar-refractivity contribution in [2.45, 2.75) is 38.5 Å². The van der Waals surface area contributed by atoms with Gasteiger partial charge in [-0.05, 0) is 93.5 Å². The largest absolute Gasteiger partial charge is 0.453 e. The maximum Gasteiger partial charge on any atom is 0.152 e. The van der Waals surface area contributed by atoms with E-state index in [2.05, 4.69) is 195 Å². The van der Waals surface area contributed by atoms with Gasteiger partial charge in [0, 0.05) is 27.8 Å². The summed E-state index contributed by atoms with van der Waals surface area (Å²) in [5, 5.41) is 0. The first-order chi connectivity index (χ1) is 24.8. The van der Waals surface area contributed by atoms with Crippen molar-refractivity contribution in [3.8, 4) is 33.8 Å². The van der Waals surface area contributed by atoms with Gasteiger partial charge >= 0.3 is 0 Å². The smallest absolute Gasteiger partial charge is 0.152 e. The predicted molar refractivity (Wildman–Crippen MR) is 211 cm³/mol. The normalized spacial score (nSPS) is 15.1. The van der Waals surface area contributed by atoms with E-state index < -0.39 is 0 Å². The van der Waals surface area contributed by atoms with Crippen LogP contribution in [0.1, 0.15) is 49.9 Å². The molecule has 0 amide bonds. The first-order valence-corrected chi connectivity index (χ1v) is 17.9. The van der Waals surface area contributed by atoms with Gasteiger partial charge in [-0.3, -0.25) is 0 Å². The van der Waals surface area contributed by atoms with E-state index in [1.54, 1.807) is 0 Å².